The number of carbonyl (C=O) groups is 1. The number of ketones is 1. The Labute approximate surface area is 82.9 Å². The Morgan fingerprint density at radius 1 is 1.21 bits per heavy atom. The monoisotopic (exact) mass is 202 g/mol. The summed E-state index contributed by atoms with van der Waals surface area (Å²) in [5.74, 6) is 0.0362. The normalized spacial score (nSPS) is 45.1. The van der Waals surface area contributed by atoms with E-state index in [0.717, 1.165) is 0 Å². The van der Waals surface area contributed by atoms with Crippen LogP contribution >= 0.6 is 0 Å². The summed E-state index contributed by atoms with van der Waals surface area (Å²) in [6, 6.07) is 0. The molecule has 0 N–H and O–H groups in total. The first-order valence-corrected chi connectivity index (χ1v) is 5.09. The predicted octanol–water partition coefficient (Wildman–Crippen LogP) is 3.04. The molecule has 2 bridgehead atoms. The van der Waals surface area contributed by atoms with E-state index in [1.165, 1.54) is 0 Å². The molecule has 0 aromatic heterocycles. The second-order valence-corrected chi connectivity index (χ2v) is 5.51. The van der Waals surface area contributed by atoms with E-state index in [0.29, 0.717) is 12.8 Å². The highest BCUT2D eigenvalue weighted by molar-refractivity contribution is 5.90. The van der Waals surface area contributed by atoms with Gasteiger partial charge in [-0.2, -0.15) is 0 Å². The molecule has 2 unspecified atom stereocenters. The van der Waals surface area contributed by atoms with E-state index in [9.17, 15) is 13.6 Å². The van der Waals surface area contributed by atoms with E-state index in [4.69, 9.17) is 0 Å². The molecule has 0 aromatic carbocycles. The van der Waals surface area contributed by atoms with E-state index >= 15 is 0 Å². The van der Waals surface area contributed by atoms with Gasteiger partial charge in [-0.1, -0.05) is 20.8 Å². The fraction of sp³-hybridized carbons (Fsp3) is 0.909. The molecule has 0 saturated heterocycles. The molecule has 0 heterocycles. The molecule has 3 heteroatoms. The molecular weight excluding hydrogens is 186 g/mol. The molecule has 2 fully saturated rings. The summed E-state index contributed by atoms with van der Waals surface area (Å²) in [4.78, 5) is 11.7. The van der Waals surface area contributed by atoms with Crippen LogP contribution in [0.3, 0.4) is 0 Å². The van der Waals surface area contributed by atoms with Crippen molar-refractivity contribution in [2.24, 2.45) is 16.2 Å². The van der Waals surface area contributed by atoms with Gasteiger partial charge in [-0.05, 0) is 18.3 Å². The number of hydrogen-bond acceptors (Lipinski definition) is 1. The first-order chi connectivity index (χ1) is 6.28. The van der Waals surface area contributed by atoms with Crippen LogP contribution in [-0.2, 0) is 4.79 Å². The Hall–Kier alpha value is -0.470. The minimum absolute atomic E-state index is 0.0362. The Morgan fingerprint density at radius 2 is 1.79 bits per heavy atom. The molecule has 2 atom stereocenters. The van der Waals surface area contributed by atoms with Crippen LogP contribution in [0.4, 0.5) is 8.78 Å². The minimum Gasteiger partial charge on any atom is -0.299 e. The smallest absolute Gasteiger partial charge is 0.245 e. The molecule has 2 saturated carbocycles. The minimum atomic E-state index is -2.37. The van der Waals surface area contributed by atoms with Crippen molar-refractivity contribution in [1.29, 1.82) is 0 Å². The van der Waals surface area contributed by atoms with Crippen LogP contribution in [0, 0.1) is 16.2 Å². The van der Waals surface area contributed by atoms with E-state index in [2.05, 4.69) is 0 Å². The largest absolute Gasteiger partial charge is 0.299 e. The molecule has 0 aromatic rings. The molecule has 1 nitrogen and oxygen atoms in total. The summed E-state index contributed by atoms with van der Waals surface area (Å²) in [5, 5.41) is 0. The second kappa shape index (κ2) is 2.37. The van der Waals surface area contributed by atoms with Crippen molar-refractivity contribution in [3.8, 4) is 0 Å². The fourth-order valence-electron chi connectivity index (χ4n) is 3.39. The van der Waals surface area contributed by atoms with E-state index < -0.39 is 22.7 Å². The summed E-state index contributed by atoms with van der Waals surface area (Å²) >= 11 is 0. The average Bonchev–Trinajstić information content (AvgIpc) is 2.34. The number of halogens is 2. The highest BCUT2D eigenvalue weighted by Gasteiger charge is 2.72. The van der Waals surface area contributed by atoms with Gasteiger partial charge >= 0.3 is 0 Å². The lowest BCUT2D eigenvalue weighted by Gasteiger charge is -2.39. The summed E-state index contributed by atoms with van der Waals surface area (Å²) in [6.45, 7) is 5.51. The highest BCUT2D eigenvalue weighted by Crippen LogP contribution is 2.72. The van der Waals surface area contributed by atoms with Gasteiger partial charge in [-0.3, -0.25) is 4.79 Å². The van der Waals surface area contributed by atoms with E-state index in [1.807, 2.05) is 20.8 Å². The van der Waals surface area contributed by atoms with Crippen LogP contribution in [0.5, 0.6) is 0 Å². The zero-order chi connectivity index (χ0) is 10.8. The van der Waals surface area contributed by atoms with E-state index in [1.54, 1.807) is 0 Å². The lowest BCUT2D eigenvalue weighted by atomic mass is 9.65. The van der Waals surface area contributed by atoms with Crippen molar-refractivity contribution < 1.29 is 13.6 Å². The van der Waals surface area contributed by atoms with Crippen molar-refractivity contribution in [2.75, 3.05) is 0 Å². The van der Waals surface area contributed by atoms with Gasteiger partial charge in [0.2, 0.25) is 6.43 Å². The van der Waals surface area contributed by atoms with Gasteiger partial charge in [0, 0.05) is 17.3 Å². The maximum atomic E-state index is 13.1. The van der Waals surface area contributed by atoms with Crippen molar-refractivity contribution in [3.63, 3.8) is 0 Å². The number of rotatable bonds is 1. The van der Waals surface area contributed by atoms with Crippen LogP contribution in [0.15, 0.2) is 0 Å². The summed E-state index contributed by atoms with van der Waals surface area (Å²) in [6.07, 6.45) is -1.16. The van der Waals surface area contributed by atoms with E-state index in [-0.39, 0.29) is 12.2 Å². The Balaban J connectivity index is 2.54. The summed E-state index contributed by atoms with van der Waals surface area (Å²) in [5.41, 5.74) is -2.10. The van der Waals surface area contributed by atoms with Gasteiger partial charge in [0.25, 0.3) is 0 Å². The van der Waals surface area contributed by atoms with Crippen LogP contribution in [-0.4, -0.2) is 12.2 Å². The molecule has 0 aliphatic heterocycles. The third kappa shape index (κ3) is 0.741. The summed E-state index contributed by atoms with van der Waals surface area (Å²) < 4.78 is 26.2. The number of fused-ring (bicyclic) bond motifs is 2. The number of hydrogen-bond donors (Lipinski definition) is 0. The molecular formula is C11H16F2O. The summed E-state index contributed by atoms with van der Waals surface area (Å²) in [7, 11) is 0. The van der Waals surface area contributed by atoms with Crippen molar-refractivity contribution in [3.05, 3.63) is 0 Å². The topological polar surface area (TPSA) is 17.1 Å². The Kier molecular flexibility index (Phi) is 1.70. The number of carbonyl (C=O) groups excluding carboxylic acids is 1. The van der Waals surface area contributed by atoms with Crippen LogP contribution < -0.4 is 0 Å². The third-order valence-corrected chi connectivity index (χ3v) is 5.20. The Morgan fingerprint density at radius 3 is 2.00 bits per heavy atom. The third-order valence-electron chi connectivity index (χ3n) is 5.20. The standard InChI is InChI=1S/C11H16F2O/c1-9(2)10(3)4-5-11(9,8(12)13)6-7(10)14/h8H,4-6H2,1-3H3. The van der Waals surface area contributed by atoms with Gasteiger partial charge in [0.05, 0.1) is 0 Å². The molecule has 14 heavy (non-hydrogen) atoms. The molecule has 2 rings (SSSR count). The lowest BCUT2D eigenvalue weighted by Crippen LogP contribution is -2.39. The fourth-order valence-corrected chi connectivity index (χ4v) is 3.39. The molecule has 2 aliphatic rings. The van der Waals surface area contributed by atoms with Gasteiger partial charge in [0.15, 0.2) is 0 Å². The number of alkyl halides is 2. The highest BCUT2D eigenvalue weighted by atomic mass is 19.3. The van der Waals surface area contributed by atoms with Gasteiger partial charge in [-0.25, -0.2) is 8.78 Å². The van der Waals surface area contributed by atoms with Gasteiger partial charge in [-0.15, -0.1) is 0 Å². The first-order valence-electron chi connectivity index (χ1n) is 5.09. The molecule has 80 valence electrons. The molecule has 2 aliphatic carbocycles. The zero-order valence-electron chi connectivity index (χ0n) is 8.86. The second-order valence-electron chi connectivity index (χ2n) is 5.51. The van der Waals surface area contributed by atoms with Crippen LogP contribution in [0.25, 0.3) is 0 Å². The average molecular weight is 202 g/mol. The van der Waals surface area contributed by atoms with Crippen LogP contribution in [0.1, 0.15) is 40.0 Å². The molecule has 0 amide bonds. The lowest BCUT2D eigenvalue weighted by molar-refractivity contribution is -0.128. The zero-order valence-corrected chi connectivity index (χ0v) is 8.86. The quantitative estimate of drug-likeness (QED) is 0.638. The SMILES string of the molecule is CC12CCC(C(F)F)(CC1=O)C2(C)C. The molecule has 0 spiro atoms. The van der Waals surface area contributed by atoms with Crippen molar-refractivity contribution in [2.45, 2.75) is 46.5 Å². The van der Waals surface area contributed by atoms with Gasteiger partial charge in [0.1, 0.15) is 5.78 Å². The van der Waals surface area contributed by atoms with Crippen LogP contribution in [0.2, 0.25) is 0 Å². The first kappa shape index (κ1) is 10.1. The van der Waals surface area contributed by atoms with Gasteiger partial charge < -0.3 is 0 Å². The molecule has 0 radical (unpaired) electrons. The van der Waals surface area contributed by atoms with Crippen molar-refractivity contribution in [1.82, 2.24) is 0 Å². The number of Topliss-reactive ketones (excluding diaryl/α,β-unsaturated/α-hetero) is 1. The maximum Gasteiger partial charge on any atom is 0.245 e. The Bertz CT molecular complexity index is 298. The van der Waals surface area contributed by atoms with Crippen molar-refractivity contribution >= 4 is 5.78 Å². The maximum absolute atomic E-state index is 13.1. The predicted molar refractivity (Wildman–Crippen MR) is 49.2 cm³/mol.